The van der Waals surface area contributed by atoms with Crippen LogP contribution in [0.4, 0.5) is 0 Å². The number of halogens is 3. The molecule has 0 bridgehead atoms. The smallest absolute Gasteiger partial charge is 0.130 e. The summed E-state index contributed by atoms with van der Waals surface area (Å²) in [6.07, 6.45) is 1.41. The van der Waals surface area contributed by atoms with Crippen LogP contribution < -0.4 is 11.3 Å². The molecule has 0 aliphatic rings. The molecule has 1 atom stereocenters. The van der Waals surface area contributed by atoms with Crippen LogP contribution in [0, 0.1) is 6.92 Å². The lowest BCUT2D eigenvalue weighted by Crippen LogP contribution is -2.38. The Balaban J connectivity index is 2.14. The molecule has 4 nitrogen and oxygen atoms in total. The van der Waals surface area contributed by atoms with E-state index in [0.717, 1.165) is 23.2 Å². The molecule has 0 aliphatic carbocycles. The lowest BCUT2D eigenvalue weighted by molar-refractivity contribution is 0.521. The normalized spacial score (nSPS) is 12.7. The molecular formula is C14H17Cl3N4. The number of nitrogens with zero attached hydrogens (tertiary/aromatic N) is 2. The first-order chi connectivity index (χ1) is 9.92. The van der Waals surface area contributed by atoms with Gasteiger partial charge < -0.3 is 0 Å². The molecule has 0 amide bonds. The van der Waals surface area contributed by atoms with E-state index in [1.165, 1.54) is 0 Å². The molecule has 1 aromatic heterocycles. The molecule has 7 heteroatoms. The largest absolute Gasteiger partial charge is 0.271 e. The molecule has 1 unspecified atom stereocenters. The van der Waals surface area contributed by atoms with E-state index in [1.807, 2.05) is 26.1 Å². The summed E-state index contributed by atoms with van der Waals surface area (Å²) in [6.45, 7) is 1.94. The van der Waals surface area contributed by atoms with Crippen molar-refractivity contribution in [1.29, 1.82) is 0 Å². The number of benzene rings is 1. The molecule has 1 heterocycles. The molecule has 21 heavy (non-hydrogen) atoms. The van der Waals surface area contributed by atoms with Gasteiger partial charge in [0, 0.05) is 18.7 Å². The number of hydrogen-bond acceptors (Lipinski definition) is 3. The Morgan fingerprint density at radius 2 is 1.95 bits per heavy atom. The van der Waals surface area contributed by atoms with E-state index in [-0.39, 0.29) is 6.04 Å². The Bertz CT molecular complexity index is 639. The average molecular weight is 348 g/mol. The predicted octanol–water partition coefficient (Wildman–Crippen LogP) is 3.31. The van der Waals surface area contributed by atoms with Crippen molar-refractivity contribution in [1.82, 2.24) is 15.2 Å². The zero-order valence-corrected chi connectivity index (χ0v) is 14.1. The molecule has 0 saturated heterocycles. The van der Waals surface area contributed by atoms with Crippen LogP contribution >= 0.6 is 34.8 Å². The Kier molecular flexibility index (Phi) is 5.52. The number of rotatable bonds is 5. The van der Waals surface area contributed by atoms with Crippen molar-refractivity contribution < 1.29 is 0 Å². The van der Waals surface area contributed by atoms with Gasteiger partial charge in [-0.25, -0.2) is 0 Å². The van der Waals surface area contributed by atoms with Gasteiger partial charge in [0.1, 0.15) is 5.15 Å². The van der Waals surface area contributed by atoms with Crippen molar-refractivity contribution in [3.05, 3.63) is 50.2 Å². The van der Waals surface area contributed by atoms with Crippen molar-refractivity contribution in [3.8, 4) is 0 Å². The standard InChI is InChI=1S/C14H17Cl3N4/c1-8-11(14(17)21(2)20-8)7-10(19-18)5-9-3-4-12(15)13(16)6-9/h3-4,6,10,19H,5,7,18H2,1-2H3. The monoisotopic (exact) mass is 346 g/mol. The highest BCUT2D eigenvalue weighted by Gasteiger charge is 2.17. The molecule has 2 rings (SSSR count). The van der Waals surface area contributed by atoms with Gasteiger partial charge in [-0.15, -0.1) is 0 Å². The van der Waals surface area contributed by atoms with Crippen molar-refractivity contribution in [2.24, 2.45) is 12.9 Å². The van der Waals surface area contributed by atoms with Crippen LogP contribution in [-0.4, -0.2) is 15.8 Å². The molecular weight excluding hydrogens is 331 g/mol. The lowest BCUT2D eigenvalue weighted by Gasteiger charge is -2.16. The summed E-state index contributed by atoms with van der Waals surface area (Å²) >= 11 is 18.2. The fourth-order valence-electron chi connectivity index (χ4n) is 2.29. The molecule has 3 N–H and O–H groups in total. The minimum atomic E-state index is 0.0302. The molecule has 0 fully saturated rings. The van der Waals surface area contributed by atoms with Crippen LogP contribution in [-0.2, 0) is 19.9 Å². The van der Waals surface area contributed by atoms with E-state index < -0.39 is 0 Å². The van der Waals surface area contributed by atoms with Gasteiger partial charge >= 0.3 is 0 Å². The Hall–Kier alpha value is -0.780. The predicted molar refractivity (Wildman–Crippen MR) is 87.9 cm³/mol. The highest BCUT2D eigenvalue weighted by atomic mass is 35.5. The second kappa shape index (κ2) is 6.99. The molecule has 2 aromatic rings. The highest BCUT2D eigenvalue weighted by Crippen LogP contribution is 2.25. The van der Waals surface area contributed by atoms with Crippen LogP contribution in [0.15, 0.2) is 18.2 Å². The summed E-state index contributed by atoms with van der Waals surface area (Å²) in [5, 5.41) is 6.04. The summed E-state index contributed by atoms with van der Waals surface area (Å²) in [7, 11) is 1.82. The summed E-state index contributed by atoms with van der Waals surface area (Å²) in [6, 6.07) is 5.61. The van der Waals surface area contributed by atoms with Gasteiger partial charge in [-0.05, 0) is 37.5 Å². The van der Waals surface area contributed by atoms with Gasteiger partial charge in [0.05, 0.1) is 15.7 Å². The van der Waals surface area contributed by atoms with Crippen LogP contribution in [0.1, 0.15) is 16.8 Å². The Labute approximate surface area is 139 Å². The first-order valence-corrected chi connectivity index (χ1v) is 7.63. The number of nitrogens with two attached hydrogens (primary N) is 1. The SMILES string of the molecule is Cc1nn(C)c(Cl)c1CC(Cc1ccc(Cl)c(Cl)c1)NN. The van der Waals surface area contributed by atoms with Crippen molar-refractivity contribution >= 4 is 34.8 Å². The van der Waals surface area contributed by atoms with E-state index in [9.17, 15) is 0 Å². The average Bonchev–Trinajstić information content (AvgIpc) is 2.68. The fourth-order valence-corrected chi connectivity index (χ4v) is 2.87. The number of hydrazine groups is 1. The summed E-state index contributed by atoms with van der Waals surface area (Å²) in [4.78, 5) is 0. The van der Waals surface area contributed by atoms with Crippen LogP contribution in [0.3, 0.4) is 0 Å². The minimum absolute atomic E-state index is 0.0302. The van der Waals surface area contributed by atoms with Gasteiger partial charge in [0.2, 0.25) is 0 Å². The highest BCUT2D eigenvalue weighted by molar-refractivity contribution is 6.42. The molecule has 114 valence electrons. The molecule has 0 radical (unpaired) electrons. The third-order valence-electron chi connectivity index (χ3n) is 3.42. The van der Waals surface area contributed by atoms with Gasteiger partial charge in [-0.3, -0.25) is 16.0 Å². The van der Waals surface area contributed by atoms with Crippen LogP contribution in [0.5, 0.6) is 0 Å². The van der Waals surface area contributed by atoms with Crippen molar-refractivity contribution in [2.75, 3.05) is 0 Å². The second-order valence-electron chi connectivity index (χ2n) is 5.00. The van der Waals surface area contributed by atoms with Crippen LogP contribution in [0.2, 0.25) is 15.2 Å². The van der Waals surface area contributed by atoms with E-state index in [1.54, 1.807) is 10.7 Å². The van der Waals surface area contributed by atoms with E-state index in [0.29, 0.717) is 21.6 Å². The van der Waals surface area contributed by atoms with Crippen molar-refractivity contribution in [3.63, 3.8) is 0 Å². The number of nitrogens with one attached hydrogen (secondary N) is 1. The van der Waals surface area contributed by atoms with Crippen LogP contribution in [0.25, 0.3) is 0 Å². The quantitative estimate of drug-likeness (QED) is 0.644. The molecule has 0 saturated carbocycles. The Morgan fingerprint density at radius 3 is 2.48 bits per heavy atom. The summed E-state index contributed by atoms with van der Waals surface area (Å²) in [5.74, 6) is 5.66. The summed E-state index contributed by atoms with van der Waals surface area (Å²) < 4.78 is 1.67. The third-order valence-corrected chi connectivity index (χ3v) is 4.63. The lowest BCUT2D eigenvalue weighted by atomic mass is 10.00. The second-order valence-corrected chi connectivity index (χ2v) is 6.17. The van der Waals surface area contributed by atoms with Gasteiger partial charge in [-0.1, -0.05) is 40.9 Å². The first-order valence-electron chi connectivity index (χ1n) is 6.50. The number of aryl methyl sites for hydroxylation is 2. The van der Waals surface area contributed by atoms with Gasteiger partial charge in [-0.2, -0.15) is 5.10 Å². The van der Waals surface area contributed by atoms with E-state index >= 15 is 0 Å². The topological polar surface area (TPSA) is 55.9 Å². The number of hydrogen-bond donors (Lipinski definition) is 2. The maximum atomic E-state index is 6.26. The minimum Gasteiger partial charge on any atom is -0.271 e. The third kappa shape index (κ3) is 3.90. The molecule has 0 spiro atoms. The van der Waals surface area contributed by atoms with Gasteiger partial charge in [0.25, 0.3) is 0 Å². The number of aromatic nitrogens is 2. The molecule has 0 aliphatic heterocycles. The maximum absolute atomic E-state index is 6.26. The zero-order chi connectivity index (χ0) is 15.6. The van der Waals surface area contributed by atoms with Gasteiger partial charge in [0.15, 0.2) is 0 Å². The molecule has 1 aromatic carbocycles. The van der Waals surface area contributed by atoms with E-state index in [4.69, 9.17) is 40.6 Å². The zero-order valence-electron chi connectivity index (χ0n) is 11.8. The Morgan fingerprint density at radius 1 is 1.24 bits per heavy atom. The maximum Gasteiger partial charge on any atom is 0.130 e. The van der Waals surface area contributed by atoms with E-state index in [2.05, 4.69) is 10.5 Å². The fraction of sp³-hybridized carbons (Fsp3) is 0.357. The summed E-state index contributed by atoms with van der Waals surface area (Å²) in [5.41, 5.74) is 5.80. The first kappa shape index (κ1) is 16.6. The van der Waals surface area contributed by atoms with Crippen molar-refractivity contribution in [2.45, 2.75) is 25.8 Å².